The van der Waals surface area contributed by atoms with Crippen molar-refractivity contribution in [3.8, 4) is 25.2 Å². The summed E-state index contributed by atoms with van der Waals surface area (Å²) in [4.78, 5) is 34.0. The molecule has 2 N–H and O–H groups in total. The Balaban J connectivity index is 0. The van der Waals surface area contributed by atoms with Crippen LogP contribution in [0.4, 0.5) is 0 Å². The standard InChI is InChI=1S/C15H23BrN2O5.C2H2/c1-4-8-23-9-5-13(19)17-6-7-18-14(20)12(16)10-11(2)15(21)22-3;1-2/h1,11-12H,5-10H2,2-3H3,(H,17,19)(H,18,20);1-2H. The largest absolute Gasteiger partial charge is 0.469 e. The second kappa shape index (κ2) is 16.8. The van der Waals surface area contributed by atoms with Gasteiger partial charge in [-0.15, -0.1) is 19.3 Å². The molecule has 0 saturated carbocycles. The van der Waals surface area contributed by atoms with E-state index in [4.69, 9.17) is 11.2 Å². The van der Waals surface area contributed by atoms with E-state index in [1.54, 1.807) is 6.92 Å². The lowest BCUT2D eigenvalue weighted by Gasteiger charge is -2.14. The zero-order valence-electron chi connectivity index (χ0n) is 14.5. The van der Waals surface area contributed by atoms with Gasteiger partial charge in [0.2, 0.25) is 11.8 Å². The molecule has 8 heteroatoms. The number of amides is 2. The molecule has 0 aliphatic carbocycles. The van der Waals surface area contributed by atoms with Crippen LogP contribution >= 0.6 is 15.9 Å². The number of halogens is 1. The summed E-state index contributed by atoms with van der Waals surface area (Å²) < 4.78 is 9.59. The average Bonchev–Trinajstić information content (AvgIpc) is 2.62. The highest BCUT2D eigenvalue weighted by Crippen LogP contribution is 2.14. The average molecular weight is 417 g/mol. The van der Waals surface area contributed by atoms with Crippen LogP contribution in [0, 0.1) is 31.1 Å². The van der Waals surface area contributed by atoms with Crippen molar-refractivity contribution in [1.82, 2.24) is 10.6 Å². The molecule has 25 heavy (non-hydrogen) atoms. The van der Waals surface area contributed by atoms with Crippen LogP contribution < -0.4 is 10.6 Å². The first kappa shape index (κ1) is 25.2. The Morgan fingerprint density at radius 2 is 1.80 bits per heavy atom. The fourth-order valence-corrected chi connectivity index (χ4v) is 2.32. The first-order valence-corrected chi connectivity index (χ1v) is 8.44. The normalized spacial score (nSPS) is 11.7. The molecule has 0 radical (unpaired) electrons. The predicted octanol–water partition coefficient (Wildman–Crippen LogP) is 0.471. The zero-order valence-corrected chi connectivity index (χ0v) is 16.1. The number of terminal acetylenes is 2. The summed E-state index contributed by atoms with van der Waals surface area (Å²) in [5.41, 5.74) is 0. The highest BCUT2D eigenvalue weighted by molar-refractivity contribution is 9.10. The van der Waals surface area contributed by atoms with E-state index in [-0.39, 0.29) is 43.3 Å². The molecule has 0 aliphatic rings. The highest BCUT2D eigenvalue weighted by atomic mass is 79.9. The van der Waals surface area contributed by atoms with Crippen molar-refractivity contribution in [2.24, 2.45) is 5.92 Å². The first-order valence-electron chi connectivity index (χ1n) is 7.53. The van der Waals surface area contributed by atoms with Gasteiger partial charge in [-0.05, 0) is 6.42 Å². The molecule has 0 rings (SSSR count). The Morgan fingerprint density at radius 1 is 1.20 bits per heavy atom. The van der Waals surface area contributed by atoms with Crippen molar-refractivity contribution in [2.75, 3.05) is 33.4 Å². The summed E-state index contributed by atoms with van der Waals surface area (Å²) in [6, 6.07) is 0. The lowest BCUT2D eigenvalue weighted by Crippen LogP contribution is -2.38. The molecule has 2 atom stereocenters. The van der Waals surface area contributed by atoms with Crippen molar-refractivity contribution < 1.29 is 23.9 Å². The van der Waals surface area contributed by atoms with Gasteiger partial charge in [-0.25, -0.2) is 0 Å². The molecule has 0 heterocycles. The molecule has 0 bridgehead atoms. The number of hydrogen-bond acceptors (Lipinski definition) is 5. The van der Waals surface area contributed by atoms with Crippen LogP contribution in [0.1, 0.15) is 19.8 Å². The van der Waals surface area contributed by atoms with E-state index >= 15 is 0 Å². The van der Waals surface area contributed by atoms with Gasteiger partial charge in [0.1, 0.15) is 6.61 Å². The van der Waals surface area contributed by atoms with E-state index in [9.17, 15) is 14.4 Å². The van der Waals surface area contributed by atoms with E-state index in [2.05, 4.69) is 50.1 Å². The van der Waals surface area contributed by atoms with E-state index < -0.39 is 4.83 Å². The van der Waals surface area contributed by atoms with Gasteiger partial charge in [0.25, 0.3) is 0 Å². The molecule has 140 valence electrons. The van der Waals surface area contributed by atoms with Gasteiger partial charge in [0, 0.05) is 13.1 Å². The Bertz CT molecular complexity index is 473. The topological polar surface area (TPSA) is 93.7 Å². The molecule has 0 aromatic heterocycles. The molecule has 0 spiro atoms. The smallest absolute Gasteiger partial charge is 0.308 e. The van der Waals surface area contributed by atoms with Crippen LogP contribution in [0.5, 0.6) is 0 Å². The van der Waals surface area contributed by atoms with Gasteiger partial charge in [-0.1, -0.05) is 28.8 Å². The molecule has 0 aromatic carbocycles. The van der Waals surface area contributed by atoms with Gasteiger partial charge in [-0.2, -0.15) is 0 Å². The maximum absolute atomic E-state index is 11.8. The third kappa shape index (κ3) is 14.1. The molecular weight excluding hydrogens is 392 g/mol. The second-order valence-corrected chi connectivity index (χ2v) is 5.88. The van der Waals surface area contributed by atoms with Gasteiger partial charge >= 0.3 is 5.97 Å². The number of rotatable bonds is 11. The molecule has 0 aromatic rings. The van der Waals surface area contributed by atoms with E-state index in [0.29, 0.717) is 19.5 Å². The molecule has 2 amide bonds. The number of methoxy groups -OCH3 is 1. The Morgan fingerprint density at radius 3 is 2.36 bits per heavy atom. The van der Waals surface area contributed by atoms with Gasteiger partial charge in [0.05, 0.1) is 30.9 Å². The fraction of sp³-hybridized carbons (Fsp3) is 0.588. The number of esters is 1. The van der Waals surface area contributed by atoms with Crippen molar-refractivity contribution in [3.05, 3.63) is 0 Å². The SMILES string of the molecule is C#C.C#CCOCCC(=O)NCCNC(=O)C(Br)CC(C)C(=O)OC. The maximum atomic E-state index is 11.8. The predicted molar refractivity (Wildman–Crippen MR) is 98.7 cm³/mol. The first-order chi connectivity index (χ1) is 11.9. The van der Waals surface area contributed by atoms with Crippen molar-refractivity contribution in [1.29, 1.82) is 0 Å². The van der Waals surface area contributed by atoms with Crippen molar-refractivity contribution >= 4 is 33.7 Å². The van der Waals surface area contributed by atoms with Crippen LogP contribution in [0.2, 0.25) is 0 Å². The summed E-state index contributed by atoms with van der Waals surface area (Å²) in [6.07, 6.45) is 13.6. The molecule has 7 nitrogen and oxygen atoms in total. The summed E-state index contributed by atoms with van der Waals surface area (Å²) in [7, 11) is 1.31. The van der Waals surface area contributed by atoms with Crippen LogP contribution in [0.3, 0.4) is 0 Å². The lowest BCUT2D eigenvalue weighted by molar-refractivity contribution is -0.145. The number of alkyl halides is 1. The zero-order chi connectivity index (χ0) is 19.7. The molecule has 2 unspecified atom stereocenters. The molecule has 0 fully saturated rings. The summed E-state index contributed by atoms with van der Waals surface area (Å²) in [5.74, 6) is 1.15. The summed E-state index contributed by atoms with van der Waals surface area (Å²) in [5, 5.41) is 5.31. The van der Waals surface area contributed by atoms with E-state index in [1.165, 1.54) is 7.11 Å². The quantitative estimate of drug-likeness (QED) is 0.221. The number of carbonyl (C=O) groups excluding carboxylic acids is 3. The Labute approximate surface area is 157 Å². The number of nitrogens with one attached hydrogen (secondary N) is 2. The Hall–Kier alpha value is -2.03. The van der Waals surface area contributed by atoms with Crippen LogP contribution in [0.25, 0.3) is 0 Å². The van der Waals surface area contributed by atoms with Crippen molar-refractivity contribution in [3.63, 3.8) is 0 Å². The fourth-order valence-electron chi connectivity index (χ4n) is 1.60. The third-order valence-electron chi connectivity index (χ3n) is 2.85. The minimum absolute atomic E-state index is 0.175. The second-order valence-electron chi connectivity index (χ2n) is 4.78. The minimum Gasteiger partial charge on any atom is -0.469 e. The third-order valence-corrected chi connectivity index (χ3v) is 3.64. The van der Waals surface area contributed by atoms with Gasteiger partial charge < -0.3 is 20.1 Å². The number of hydrogen-bond donors (Lipinski definition) is 2. The molecule has 0 aliphatic heterocycles. The molecular formula is C17H25BrN2O5. The molecule has 0 saturated heterocycles. The Kier molecular flexibility index (Phi) is 17.0. The number of ether oxygens (including phenoxy) is 2. The van der Waals surface area contributed by atoms with Crippen molar-refractivity contribution in [2.45, 2.75) is 24.6 Å². The van der Waals surface area contributed by atoms with Crippen LogP contribution in [-0.2, 0) is 23.9 Å². The number of carbonyl (C=O) groups is 3. The van der Waals surface area contributed by atoms with Gasteiger partial charge in [-0.3, -0.25) is 14.4 Å². The van der Waals surface area contributed by atoms with E-state index in [1.807, 2.05) is 0 Å². The van der Waals surface area contributed by atoms with Crippen LogP contribution in [-0.4, -0.2) is 56.0 Å². The lowest BCUT2D eigenvalue weighted by atomic mass is 10.1. The maximum Gasteiger partial charge on any atom is 0.308 e. The van der Waals surface area contributed by atoms with E-state index in [0.717, 1.165) is 0 Å². The van der Waals surface area contributed by atoms with Gasteiger partial charge in [0.15, 0.2) is 0 Å². The monoisotopic (exact) mass is 416 g/mol. The summed E-state index contributed by atoms with van der Waals surface area (Å²) >= 11 is 3.23. The summed E-state index contributed by atoms with van der Waals surface area (Å²) in [6.45, 7) is 2.74. The minimum atomic E-state index is -0.496. The highest BCUT2D eigenvalue weighted by Gasteiger charge is 2.22. The van der Waals surface area contributed by atoms with Crippen LogP contribution in [0.15, 0.2) is 0 Å².